The molecule has 0 aliphatic rings. The average Bonchev–Trinajstić information content (AvgIpc) is 2.68. The first-order valence-corrected chi connectivity index (χ1v) is 6.78. The minimum Gasteiger partial charge on any atom is -0.530 e. The van der Waals surface area contributed by atoms with Gasteiger partial charge in [0, 0.05) is 12.1 Å². The molecule has 2 rings (SSSR count). The third kappa shape index (κ3) is 3.85. The molecule has 9 heteroatoms. The number of aryl methyl sites for hydroxylation is 1. The molecule has 2 aromatic rings. The van der Waals surface area contributed by atoms with Gasteiger partial charge in [-0.05, 0) is 38.5 Å². The van der Waals surface area contributed by atoms with Crippen molar-refractivity contribution in [3.8, 4) is 0 Å². The van der Waals surface area contributed by atoms with Gasteiger partial charge in [-0.1, -0.05) is 0 Å². The fourth-order valence-electron chi connectivity index (χ4n) is 2.29. The van der Waals surface area contributed by atoms with E-state index in [2.05, 4.69) is 10.3 Å². The van der Waals surface area contributed by atoms with Crippen molar-refractivity contribution in [3.63, 3.8) is 0 Å². The molecule has 6 nitrogen and oxygen atoms in total. The molecule has 1 aromatic carbocycles. The van der Waals surface area contributed by atoms with Gasteiger partial charge >= 0.3 is 11.9 Å². The van der Waals surface area contributed by atoms with E-state index >= 15 is 0 Å². The zero-order valence-electron chi connectivity index (χ0n) is 12.5. The van der Waals surface area contributed by atoms with Crippen LogP contribution in [0.3, 0.4) is 0 Å². The number of carbonyl (C=O) groups excluding carboxylic acids is 1. The first kappa shape index (κ1) is 16.9. The lowest BCUT2D eigenvalue weighted by atomic mass is 10.0. The number of hydrogen-bond donors (Lipinski definition) is 2. The van der Waals surface area contributed by atoms with Crippen molar-refractivity contribution in [1.82, 2.24) is 14.9 Å². The lowest BCUT2D eigenvalue weighted by molar-refractivity contribution is -0.252. The van der Waals surface area contributed by atoms with Crippen LogP contribution in [-0.2, 0) is 12.7 Å². The highest BCUT2D eigenvalue weighted by Gasteiger charge is 2.31. The van der Waals surface area contributed by atoms with E-state index in [9.17, 15) is 27.9 Å². The van der Waals surface area contributed by atoms with Gasteiger partial charge in [-0.25, -0.2) is 4.79 Å². The lowest BCUT2D eigenvalue weighted by Gasteiger charge is -2.27. The Morgan fingerprint density at radius 3 is 2.57 bits per heavy atom. The monoisotopic (exact) mass is 330 g/mol. The van der Waals surface area contributed by atoms with E-state index in [1.54, 1.807) is 13.8 Å². The molecular formula is C14H15F3N3O3-. The highest BCUT2D eigenvalue weighted by molar-refractivity contribution is 5.76. The summed E-state index contributed by atoms with van der Waals surface area (Å²) >= 11 is 0. The molecule has 0 saturated carbocycles. The van der Waals surface area contributed by atoms with Gasteiger partial charge in [0.05, 0.1) is 16.6 Å². The van der Waals surface area contributed by atoms with E-state index in [0.717, 1.165) is 12.1 Å². The molecule has 0 aliphatic heterocycles. The second-order valence-electron chi connectivity index (χ2n) is 5.86. The number of imidazole rings is 1. The minimum atomic E-state index is -4.49. The first-order chi connectivity index (χ1) is 10.5. The summed E-state index contributed by atoms with van der Waals surface area (Å²) in [5.74, 6) is 0. The van der Waals surface area contributed by atoms with Crippen LogP contribution in [0.2, 0.25) is 0 Å². The van der Waals surface area contributed by atoms with E-state index in [1.165, 1.54) is 10.6 Å². The van der Waals surface area contributed by atoms with E-state index in [1.807, 2.05) is 0 Å². The van der Waals surface area contributed by atoms with Crippen molar-refractivity contribution in [2.45, 2.75) is 38.5 Å². The summed E-state index contributed by atoms with van der Waals surface area (Å²) in [6.45, 7) is 3.37. The standard InChI is InChI=1S/C14H16F3N3O3/c1-13(2,19-12(22)23)5-6-20-10-4-3-8(14(15,16)17)7-9(10)18-11(20)21/h3-4,7,19H,5-6H2,1-2H3,(H,18,21)(H,22,23)/p-1. The number of carbonyl (C=O) groups is 1. The maximum atomic E-state index is 12.7. The molecule has 0 unspecified atom stereocenters. The van der Waals surface area contributed by atoms with Crippen LogP contribution in [0.15, 0.2) is 23.0 Å². The number of H-pyrrole nitrogens is 1. The number of nitrogens with one attached hydrogen (secondary N) is 2. The Bertz CT molecular complexity index is 790. The van der Waals surface area contributed by atoms with Crippen molar-refractivity contribution in [3.05, 3.63) is 34.2 Å². The fraction of sp³-hybridized carbons (Fsp3) is 0.429. The molecule has 0 radical (unpaired) electrons. The molecule has 1 heterocycles. The van der Waals surface area contributed by atoms with E-state index in [0.29, 0.717) is 5.52 Å². The van der Waals surface area contributed by atoms with Gasteiger partial charge in [0.25, 0.3) is 0 Å². The van der Waals surface area contributed by atoms with Crippen LogP contribution < -0.4 is 16.1 Å². The molecule has 1 amide bonds. The number of hydrogen-bond acceptors (Lipinski definition) is 3. The van der Waals surface area contributed by atoms with Gasteiger partial charge in [-0.15, -0.1) is 0 Å². The molecule has 0 bridgehead atoms. The number of amides is 1. The highest BCUT2D eigenvalue weighted by Crippen LogP contribution is 2.30. The first-order valence-electron chi connectivity index (χ1n) is 6.78. The quantitative estimate of drug-likeness (QED) is 0.889. The maximum Gasteiger partial charge on any atom is 0.416 e. The van der Waals surface area contributed by atoms with E-state index < -0.39 is 29.1 Å². The van der Waals surface area contributed by atoms with Gasteiger partial charge in [0.1, 0.15) is 6.09 Å². The normalized spacial score (nSPS) is 12.6. The molecule has 1 aromatic heterocycles. The predicted octanol–water partition coefficient (Wildman–Crippen LogP) is 1.45. The Balaban J connectivity index is 2.30. The van der Waals surface area contributed by atoms with Crippen molar-refractivity contribution < 1.29 is 23.1 Å². The SMILES string of the molecule is CC(C)(CCn1c(=O)[nH]c2cc(C(F)(F)F)ccc21)NC(=O)[O-]. The zero-order chi connectivity index (χ0) is 17.4. The van der Waals surface area contributed by atoms with Crippen molar-refractivity contribution in [2.75, 3.05) is 0 Å². The molecule has 0 saturated heterocycles. The average molecular weight is 330 g/mol. The van der Waals surface area contributed by atoms with Crippen LogP contribution in [0.5, 0.6) is 0 Å². The van der Waals surface area contributed by atoms with Gasteiger partial charge in [-0.3, -0.25) is 4.57 Å². The minimum absolute atomic E-state index is 0.0792. The second-order valence-corrected chi connectivity index (χ2v) is 5.86. The number of benzene rings is 1. The zero-order valence-corrected chi connectivity index (χ0v) is 12.5. The summed E-state index contributed by atoms with van der Waals surface area (Å²) in [4.78, 5) is 24.9. The smallest absolute Gasteiger partial charge is 0.416 e. The number of rotatable bonds is 4. The Morgan fingerprint density at radius 2 is 2.00 bits per heavy atom. The van der Waals surface area contributed by atoms with Crippen molar-refractivity contribution in [1.29, 1.82) is 0 Å². The molecule has 0 aliphatic carbocycles. The third-order valence-corrected chi connectivity index (χ3v) is 3.50. The predicted molar refractivity (Wildman–Crippen MR) is 74.8 cm³/mol. The fourth-order valence-corrected chi connectivity index (χ4v) is 2.29. The van der Waals surface area contributed by atoms with Crippen LogP contribution in [-0.4, -0.2) is 21.2 Å². The Morgan fingerprint density at radius 1 is 1.35 bits per heavy atom. The number of aromatic nitrogens is 2. The second kappa shape index (κ2) is 5.64. The summed E-state index contributed by atoms with van der Waals surface area (Å²) in [7, 11) is 0. The molecule has 126 valence electrons. The topological polar surface area (TPSA) is 90.0 Å². The summed E-state index contributed by atoms with van der Waals surface area (Å²) < 4.78 is 39.3. The summed E-state index contributed by atoms with van der Waals surface area (Å²) in [6, 6.07) is 2.99. The van der Waals surface area contributed by atoms with Gasteiger partial charge < -0.3 is 20.2 Å². The number of alkyl halides is 3. The molecule has 23 heavy (non-hydrogen) atoms. The summed E-state index contributed by atoms with van der Waals surface area (Å²) in [6.07, 6.45) is -5.67. The van der Waals surface area contributed by atoms with Crippen LogP contribution in [0.4, 0.5) is 18.0 Å². The molecule has 2 N–H and O–H groups in total. The van der Waals surface area contributed by atoms with Crippen LogP contribution in [0.1, 0.15) is 25.8 Å². The maximum absolute atomic E-state index is 12.7. The molecule has 0 fully saturated rings. The van der Waals surface area contributed by atoms with Crippen LogP contribution in [0.25, 0.3) is 11.0 Å². The Kier molecular flexibility index (Phi) is 4.14. The van der Waals surface area contributed by atoms with E-state index in [-0.39, 0.29) is 18.5 Å². The number of aromatic amines is 1. The molecule has 0 atom stereocenters. The molecular weight excluding hydrogens is 315 g/mol. The van der Waals surface area contributed by atoms with Gasteiger partial charge in [-0.2, -0.15) is 13.2 Å². The van der Waals surface area contributed by atoms with Crippen molar-refractivity contribution in [2.24, 2.45) is 0 Å². The Labute approximate surface area is 128 Å². The van der Waals surface area contributed by atoms with Gasteiger partial charge in [0.2, 0.25) is 0 Å². The van der Waals surface area contributed by atoms with Crippen LogP contribution in [0, 0.1) is 0 Å². The lowest BCUT2D eigenvalue weighted by Crippen LogP contribution is -2.50. The summed E-state index contributed by atoms with van der Waals surface area (Å²) in [5, 5.41) is 12.8. The number of nitrogens with zero attached hydrogens (tertiary/aromatic N) is 1. The summed E-state index contributed by atoms with van der Waals surface area (Å²) in [5.41, 5.74) is -1.84. The number of halogens is 3. The molecule has 0 spiro atoms. The van der Waals surface area contributed by atoms with E-state index in [4.69, 9.17) is 0 Å². The number of fused-ring (bicyclic) bond motifs is 1. The third-order valence-electron chi connectivity index (χ3n) is 3.50. The van der Waals surface area contributed by atoms with Gasteiger partial charge in [0.15, 0.2) is 0 Å². The number of carboxylic acid groups (broad SMARTS) is 1. The highest BCUT2D eigenvalue weighted by atomic mass is 19.4. The van der Waals surface area contributed by atoms with Crippen molar-refractivity contribution >= 4 is 17.1 Å². The largest absolute Gasteiger partial charge is 0.530 e. The van der Waals surface area contributed by atoms with Crippen LogP contribution >= 0.6 is 0 Å². The Hall–Kier alpha value is -2.45.